The number of carbonyl (C=O) groups is 1. The molecule has 0 unspecified atom stereocenters. The summed E-state index contributed by atoms with van der Waals surface area (Å²) >= 11 is 0. The van der Waals surface area contributed by atoms with Crippen LogP contribution in [0.1, 0.15) is 6.92 Å². The molecule has 0 saturated heterocycles. The molecule has 1 rings (SSSR count). The summed E-state index contributed by atoms with van der Waals surface area (Å²) < 4.78 is 27.6. The van der Waals surface area contributed by atoms with Gasteiger partial charge >= 0.3 is 0 Å². The van der Waals surface area contributed by atoms with Gasteiger partial charge in [0.15, 0.2) is 0 Å². The molecule has 6 nitrogen and oxygen atoms in total. The Bertz CT molecular complexity index is 579. The van der Waals surface area contributed by atoms with Gasteiger partial charge in [-0.25, -0.2) is 13.6 Å². The van der Waals surface area contributed by atoms with E-state index >= 15 is 0 Å². The first-order valence-electron chi connectivity index (χ1n) is 5.03. The summed E-state index contributed by atoms with van der Waals surface area (Å²) in [6.45, 7) is 1.70. The Labute approximate surface area is 105 Å². The minimum Gasteiger partial charge on any atom is -0.495 e. The summed E-state index contributed by atoms with van der Waals surface area (Å²) in [5.41, 5.74) is 0.322. The van der Waals surface area contributed by atoms with E-state index in [1.165, 1.54) is 31.4 Å². The first kappa shape index (κ1) is 14.2. The Kier molecular flexibility index (Phi) is 4.46. The number of anilines is 1. The molecule has 1 amide bonds. The third-order valence-electron chi connectivity index (χ3n) is 2.06. The quantitative estimate of drug-likeness (QED) is 0.792. The number of ether oxygens (including phenoxy) is 1. The minimum absolute atomic E-state index is 0.126. The van der Waals surface area contributed by atoms with E-state index in [4.69, 9.17) is 9.88 Å². The van der Waals surface area contributed by atoms with E-state index in [0.29, 0.717) is 5.69 Å². The monoisotopic (exact) mass is 270 g/mol. The van der Waals surface area contributed by atoms with Crippen molar-refractivity contribution in [3.8, 4) is 5.75 Å². The fourth-order valence-electron chi connectivity index (χ4n) is 1.31. The van der Waals surface area contributed by atoms with Gasteiger partial charge in [-0.3, -0.25) is 4.79 Å². The van der Waals surface area contributed by atoms with Crippen molar-refractivity contribution < 1.29 is 17.9 Å². The largest absolute Gasteiger partial charge is 0.495 e. The number of allylic oxidation sites excluding steroid dienone is 1. The lowest BCUT2D eigenvalue weighted by atomic mass is 10.3. The summed E-state index contributed by atoms with van der Waals surface area (Å²) in [7, 11) is -2.58. The molecule has 0 saturated carbocycles. The first-order valence-corrected chi connectivity index (χ1v) is 6.57. The van der Waals surface area contributed by atoms with Gasteiger partial charge in [-0.05, 0) is 31.2 Å². The van der Waals surface area contributed by atoms with Crippen molar-refractivity contribution in [2.24, 2.45) is 5.14 Å². The highest BCUT2D eigenvalue weighted by molar-refractivity contribution is 7.89. The van der Waals surface area contributed by atoms with E-state index < -0.39 is 10.0 Å². The zero-order valence-corrected chi connectivity index (χ0v) is 10.8. The zero-order chi connectivity index (χ0) is 13.8. The summed E-state index contributed by atoms with van der Waals surface area (Å²) in [4.78, 5) is 11.1. The number of benzene rings is 1. The van der Waals surface area contributed by atoms with Crippen LogP contribution >= 0.6 is 0 Å². The maximum atomic E-state index is 11.3. The van der Waals surface area contributed by atoms with E-state index in [1.54, 1.807) is 13.0 Å². The molecule has 0 radical (unpaired) electrons. The van der Waals surface area contributed by atoms with Crippen molar-refractivity contribution in [2.45, 2.75) is 11.8 Å². The molecule has 0 aliphatic rings. The van der Waals surface area contributed by atoms with Crippen LogP contribution in [0, 0.1) is 0 Å². The molecular formula is C11H14N2O4S. The van der Waals surface area contributed by atoms with Crippen LogP contribution in [0.2, 0.25) is 0 Å². The van der Waals surface area contributed by atoms with Crippen molar-refractivity contribution in [1.82, 2.24) is 0 Å². The van der Waals surface area contributed by atoms with Crippen molar-refractivity contribution in [3.63, 3.8) is 0 Å². The Balaban J connectivity index is 3.15. The van der Waals surface area contributed by atoms with Gasteiger partial charge in [-0.1, -0.05) is 6.08 Å². The second kappa shape index (κ2) is 5.65. The van der Waals surface area contributed by atoms with Crippen LogP contribution in [0.3, 0.4) is 0 Å². The van der Waals surface area contributed by atoms with Crippen LogP contribution in [0.25, 0.3) is 0 Å². The molecule has 0 bridgehead atoms. The SMILES string of the molecule is CC=CC(=O)Nc1ccc(OC)c(S(N)(=O)=O)c1. The van der Waals surface area contributed by atoms with Crippen LogP contribution in [0.5, 0.6) is 5.75 Å². The van der Waals surface area contributed by atoms with Gasteiger partial charge in [0.2, 0.25) is 15.9 Å². The second-order valence-corrected chi connectivity index (χ2v) is 4.93. The molecule has 1 aromatic carbocycles. The predicted octanol–water partition coefficient (Wildman–Crippen LogP) is 0.857. The van der Waals surface area contributed by atoms with E-state index in [1.807, 2.05) is 0 Å². The highest BCUT2D eigenvalue weighted by Gasteiger charge is 2.15. The number of primary sulfonamides is 1. The number of nitrogens with one attached hydrogen (secondary N) is 1. The molecule has 3 N–H and O–H groups in total. The lowest BCUT2D eigenvalue weighted by Crippen LogP contribution is -2.15. The molecule has 7 heteroatoms. The van der Waals surface area contributed by atoms with E-state index in [2.05, 4.69) is 5.32 Å². The maximum Gasteiger partial charge on any atom is 0.248 e. The lowest BCUT2D eigenvalue weighted by Gasteiger charge is -2.09. The minimum atomic E-state index is -3.91. The molecule has 0 aliphatic heterocycles. The van der Waals surface area contributed by atoms with Gasteiger partial charge < -0.3 is 10.1 Å². The Morgan fingerprint density at radius 3 is 2.61 bits per heavy atom. The fraction of sp³-hybridized carbons (Fsp3) is 0.182. The number of hydrogen-bond donors (Lipinski definition) is 2. The van der Waals surface area contributed by atoms with Crippen LogP contribution in [-0.4, -0.2) is 21.4 Å². The number of methoxy groups -OCH3 is 1. The van der Waals surface area contributed by atoms with Crippen molar-refractivity contribution >= 4 is 21.6 Å². The number of amides is 1. The summed E-state index contributed by atoms with van der Waals surface area (Å²) in [5, 5.41) is 7.56. The summed E-state index contributed by atoms with van der Waals surface area (Å²) in [6, 6.07) is 4.19. The van der Waals surface area contributed by atoms with Gasteiger partial charge in [0.05, 0.1) is 7.11 Å². The van der Waals surface area contributed by atoms with Crippen LogP contribution in [-0.2, 0) is 14.8 Å². The van der Waals surface area contributed by atoms with E-state index in [9.17, 15) is 13.2 Å². The molecule has 0 fully saturated rings. The number of sulfonamides is 1. The molecule has 0 heterocycles. The average molecular weight is 270 g/mol. The molecule has 0 spiro atoms. The first-order chi connectivity index (χ1) is 8.38. The van der Waals surface area contributed by atoms with Crippen LogP contribution in [0.4, 0.5) is 5.69 Å². The highest BCUT2D eigenvalue weighted by atomic mass is 32.2. The van der Waals surface area contributed by atoms with Crippen LogP contribution < -0.4 is 15.2 Å². The molecule has 0 aromatic heterocycles. The molecule has 98 valence electrons. The number of rotatable bonds is 4. The van der Waals surface area contributed by atoms with Crippen molar-refractivity contribution in [1.29, 1.82) is 0 Å². The molecule has 0 atom stereocenters. The Morgan fingerprint density at radius 1 is 1.44 bits per heavy atom. The van der Waals surface area contributed by atoms with E-state index in [0.717, 1.165) is 0 Å². The lowest BCUT2D eigenvalue weighted by molar-refractivity contribution is -0.111. The predicted molar refractivity (Wildman–Crippen MR) is 67.8 cm³/mol. The van der Waals surface area contributed by atoms with Gasteiger partial charge in [0.1, 0.15) is 10.6 Å². The topological polar surface area (TPSA) is 98.5 Å². The highest BCUT2D eigenvalue weighted by Crippen LogP contribution is 2.25. The second-order valence-electron chi connectivity index (χ2n) is 3.40. The normalized spacial score (nSPS) is 11.5. The summed E-state index contributed by atoms with van der Waals surface area (Å²) in [5.74, 6) is -0.232. The molecule has 1 aromatic rings. The van der Waals surface area contributed by atoms with Gasteiger partial charge in [-0.2, -0.15) is 0 Å². The zero-order valence-electron chi connectivity index (χ0n) is 10.0. The van der Waals surface area contributed by atoms with Crippen molar-refractivity contribution in [2.75, 3.05) is 12.4 Å². The van der Waals surface area contributed by atoms with Crippen molar-refractivity contribution in [3.05, 3.63) is 30.4 Å². The Morgan fingerprint density at radius 2 is 2.11 bits per heavy atom. The van der Waals surface area contributed by atoms with Gasteiger partial charge in [-0.15, -0.1) is 0 Å². The molecule has 0 aliphatic carbocycles. The molecule has 18 heavy (non-hydrogen) atoms. The molecular weight excluding hydrogens is 256 g/mol. The third kappa shape index (κ3) is 3.57. The Hall–Kier alpha value is -1.86. The number of nitrogens with two attached hydrogens (primary N) is 1. The number of carbonyl (C=O) groups excluding carboxylic acids is 1. The fourth-order valence-corrected chi connectivity index (χ4v) is 2.04. The van der Waals surface area contributed by atoms with Gasteiger partial charge in [0.25, 0.3) is 0 Å². The average Bonchev–Trinajstić information content (AvgIpc) is 2.28. The number of hydrogen-bond acceptors (Lipinski definition) is 4. The maximum absolute atomic E-state index is 11.3. The van der Waals surface area contributed by atoms with Crippen LogP contribution in [0.15, 0.2) is 35.2 Å². The smallest absolute Gasteiger partial charge is 0.248 e. The third-order valence-corrected chi connectivity index (χ3v) is 2.99. The standard InChI is InChI=1S/C11H14N2O4S/c1-3-4-11(14)13-8-5-6-9(17-2)10(7-8)18(12,15)16/h3-7H,1-2H3,(H,13,14)(H2,12,15,16). The van der Waals surface area contributed by atoms with E-state index in [-0.39, 0.29) is 16.6 Å². The summed E-state index contributed by atoms with van der Waals surface area (Å²) in [6.07, 6.45) is 2.89. The van der Waals surface area contributed by atoms with Gasteiger partial charge in [0, 0.05) is 5.69 Å².